The number of morpholine rings is 1. The van der Waals surface area contributed by atoms with E-state index in [4.69, 9.17) is 9.47 Å². The van der Waals surface area contributed by atoms with Crippen molar-refractivity contribution in [3.63, 3.8) is 0 Å². The number of ether oxygens (including phenoxy) is 2. The molecule has 2 N–H and O–H groups in total. The molecule has 1 saturated heterocycles. The van der Waals surface area contributed by atoms with E-state index in [0.29, 0.717) is 25.3 Å². The maximum atomic E-state index is 12.5. The number of benzene rings is 2. The lowest BCUT2D eigenvalue weighted by Crippen LogP contribution is -2.49. The smallest absolute Gasteiger partial charge is 0.410 e. The number of fused-ring (bicyclic) bond motifs is 1. The first kappa shape index (κ1) is 19.9. The molecule has 0 aromatic heterocycles. The molecule has 2 aromatic carbocycles. The third-order valence-electron chi connectivity index (χ3n) is 5.08. The number of amides is 3. The Morgan fingerprint density at radius 2 is 2.03 bits per heavy atom. The maximum Gasteiger partial charge on any atom is 0.410 e. The summed E-state index contributed by atoms with van der Waals surface area (Å²) in [6.07, 6.45) is -0.429. The van der Waals surface area contributed by atoms with Crippen LogP contribution in [-0.2, 0) is 27.3 Å². The summed E-state index contributed by atoms with van der Waals surface area (Å²) in [5.74, 6) is -0.318. The molecule has 3 amide bonds. The molecule has 0 unspecified atom stereocenters. The number of hydrogen-bond acceptors (Lipinski definition) is 5. The second-order valence-corrected chi connectivity index (χ2v) is 7.29. The summed E-state index contributed by atoms with van der Waals surface area (Å²) in [5, 5.41) is 5.58. The Hall–Kier alpha value is -3.39. The van der Waals surface area contributed by atoms with Gasteiger partial charge in [-0.3, -0.25) is 9.59 Å². The number of carbonyl (C=O) groups excluding carboxylic acids is 3. The van der Waals surface area contributed by atoms with Gasteiger partial charge in [-0.2, -0.15) is 0 Å². The van der Waals surface area contributed by atoms with E-state index < -0.39 is 6.09 Å². The molecule has 2 heterocycles. The molecule has 0 spiro atoms. The quantitative estimate of drug-likeness (QED) is 0.787. The van der Waals surface area contributed by atoms with E-state index in [-0.39, 0.29) is 37.5 Å². The third-order valence-corrected chi connectivity index (χ3v) is 5.08. The van der Waals surface area contributed by atoms with Gasteiger partial charge in [-0.15, -0.1) is 0 Å². The van der Waals surface area contributed by atoms with Crippen molar-refractivity contribution < 1.29 is 23.9 Å². The topological polar surface area (TPSA) is 97.0 Å². The van der Waals surface area contributed by atoms with Crippen molar-refractivity contribution in [1.29, 1.82) is 0 Å². The van der Waals surface area contributed by atoms with Crippen molar-refractivity contribution in [3.05, 3.63) is 65.2 Å². The van der Waals surface area contributed by atoms with Crippen LogP contribution in [0.3, 0.4) is 0 Å². The van der Waals surface area contributed by atoms with Gasteiger partial charge in [-0.05, 0) is 29.3 Å². The SMILES string of the molecule is O=C1Cc2cc(C(=O)NC[C@@H]3CN(C(=O)OCc4ccccc4)CCO3)ccc2N1. The van der Waals surface area contributed by atoms with E-state index >= 15 is 0 Å². The first-order chi connectivity index (χ1) is 14.6. The molecule has 2 aromatic rings. The molecule has 0 aliphatic carbocycles. The average molecular weight is 409 g/mol. The summed E-state index contributed by atoms with van der Waals surface area (Å²) in [5.41, 5.74) is 2.97. The van der Waals surface area contributed by atoms with Gasteiger partial charge in [0.05, 0.1) is 25.7 Å². The van der Waals surface area contributed by atoms with Gasteiger partial charge in [0, 0.05) is 24.3 Å². The van der Waals surface area contributed by atoms with Gasteiger partial charge in [0.15, 0.2) is 0 Å². The number of nitrogens with zero attached hydrogens (tertiary/aromatic N) is 1. The number of hydrogen-bond donors (Lipinski definition) is 2. The Bertz CT molecular complexity index is 947. The highest BCUT2D eigenvalue weighted by atomic mass is 16.6. The van der Waals surface area contributed by atoms with Crippen LogP contribution in [0.4, 0.5) is 10.5 Å². The highest BCUT2D eigenvalue weighted by Gasteiger charge is 2.26. The van der Waals surface area contributed by atoms with Crippen molar-refractivity contribution in [2.45, 2.75) is 19.1 Å². The van der Waals surface area contributed by atoms with Gasteiger partial charge in [0.2, 0.25) is 5.91 Å². The Morgan fingerprint density at radius 3 is 2.87 bits per heavy atom. The van der Waals surface area contributed by atoms with E-state index in [1.165, 1.54) is 0 Å². The van der Waals surface area contributed by atoms with Gasteiger partial charge < -0.3 is 25.0 Å². The third kappa shape index (κ3) is 4.77. The predicted octanol–water partition coefficient (Wildman–Crippen LogP) is 1.95. The molecule has 2 aliphatic rings. The summed E-state index contributed by atoms with van der Waals surface area (Å²) in [6.45, 7) is 1.66. The normalized spacial score (nSPS) is 17.8. The predicted molar refractivity (Wildman–Crippen MR) is 109 cm³/mol. The minimum absolute atomic E-state index is 0.0718. The largest absolute Gasteiger partial charge is 0.445 e. The van der Waals surface area contributed by atoms with Crippen LogP contribution in [0, 0.1) is 0 Å². The molecule has 156 valence electrons. The summed E-state index contributed by atoms with van der Waals surface area (Å²) in [7, 11) is 0. The van der Waals surface area contributed by atoms with Gasteiger partial charge in [0.25, 0.3) is 5.91 Å². The van der Waals surface area contributed by atoms with Crippen LogP contribution in [-0.4, -0.2) is 55.2 Å². The van der Waals surface area contributed by atoms with Gasteiger partial charge >= 0.3 is 6.09 Å². The molecule has 8 nitrogen and oxygen atoms in total. The van der Waals surface area contributed by atoms with E-state index in [9.17, 15) is 14.4 Å². The van der Waals surface area contributed by atoms with Crippen LogP contribution < -0.4 is 10.6 Å². The zero-order valence-corrected chi connectivity index (χ0v) is 16.4. The van der Waals surface area contributed by atoms with Crippen LogP contribution in [0.5, 0.6) is 0 Å². The molecule has 0 bridgehead atoms. The Labute approximate surface area is 174 Å². The minimum Gasteiger partial charge on any atom is -0.445 e. The van der Waals surface area contributed by atoms with Crippen LogP contribution in [0.15, 0.2) is 48.5 Å². The lowest BCUT2D eigenvalue weighted by molar-refractivity contribution is -0.115. The summed E-state index contributed by atoms with van der Waals surface area (Å²) in [6, 6.07) is 14.6. The minimum atomic E-state index is -0.394. The van der Waals surface area contributed by atoms with Crippen LogP contribution in [0.2, 0.25) is 0 Å². The highest BCUT2D eigenvalue weighted by Crippen LogP contribution is 2.23. The zero-order valence-electron chi connectivity index (χ0n) is 16.4. The number of rotatable bonds is 5. The zero-order chi connectivity index (χ0) is 20.9. The van der Waals surface area contributed by atoms with E-state index in [1.54, 1.807) is 23.1 Å². The molecular formula is C22H23N3O5. The molecule has 1 fully saturated rings. The first-order valence-electron chi connectivity index (χ1n) is 9.87. The second-order valence-electron chi connectivity index (χ2n) is 7.29. The van der Waals surface area contributed by atoms with Crippen molar-refractivity contribution in [3.8, 4) is 0 Å². The van der Waals surface area contributed by atoms with Crippen LogP contribution in [0.25, 0.3) is 0 Å². The average Bonchev–Trinajstić information content (AvgIpc) is 3.16. The maximum absolute atomic E-state index is 12.5. The lowest BCUT2D eigenvalue weighted by Gasteiger charge is -2.32. The Kier molecular flexibility index (Phi) is 5.94. The Morgan fingerprint density at radius 1 is 1.20 bits per heavy atom. The van der Waals surface area contributed by atoms with Crippen molar-refractivity contribution in [1.82, 2.24) is 10.2 Å². The number of carbonyl (C=O) groups is 3. The molecule has 8 heteroatoms. The molecule has 1 atom stereocenters. The molecule has 0 radical (unpaired) electrons. The molecule has 30 heavy (non-hydrogen) atoms. The van der Waals surface area contributed by atoms with Gasteiger partial charge in [-0.25, -0.2) is 4.79 Å². The fourth-order valence-electron chi connectivity index (χ4n) is 3.50. The molecule has 4 rings (SSSR count). The van der Waals surface area contributed by atoms with Gasteiger partial charge in [0.1, 0.15) is 6.61 Å². The number of nitrogens with one attached hydrogen (secondary N) is 2. The fourth-order valence-corrected chi connectivity index (χ4v) is 3.50. The fraction of sp³-hybridized carbons (Fsp3) is 0.318. The van der Waals surface area contributed by atoms with E-state index in [2.05, 4.69) is 10.6 Å². The van der Waals surface area contributed by atoms with E-state index in [1.807, 2.05) is 30.3 Å². The molecule has 0 saturated carbocycles. The van der Waals surface area contributed by atoms with Crippen molar-refractivity contribution in [2.75, 3.05) is 31.6 Å². The van der Waals surface area contributed by atoms with Crippen LogP contribution >= 0.6 is 0 Å². The van der Waals surface area contributed by atoms with Crippen LogP contribution in [0.1, 0.15) is 21.5 Å². The number of anilines is 1. The molecule has 2 aliphatic heterocycles. The van der Waals surface area contributed by atoms with Crippen molar-refractivity contribution in [2.24, 2.45) is 0 Å². The van der Waals surface area contributed by atoms with Gasteiger partial charge in [-0.1, -0.05) is 30.3 Å². The first-order valence-corrected chi connectivity index (χ1v) is 9.87. The lowest BCUT2D eigenvalue weighted by atomic mass is 10.1. The van der Waals surface area contributed by atoms with E-state index in [0.717, 1.165) is 16.8 Å². The molecular weight excluding hydrogens is 386 g/mol. The monoisotopic (exact) mass is 409 g/mol. The van der Waals surface area contributed by atoms with Crippen molar-refractivity contribution >= 4 is 23.6 Å². The summed E-state index contributed by atoms with van der Waals surface area (Å²) >= 11 is 0. The Balaban J connectivity index is 1.26. The second kappa shape index (κ2) is 8.96. The summed E-state index contributed by atoms with van der Waals surface area (Å²) < 4.78 is 11.0. The summed E-state index contributed by atoms with van der Waals surface area (Å²) in [4.78, 5) is 37.9. The highest BCUT2D eigenvalue weighted by molar-refractivity contribution is 6.01. The standard InChI is InChI=1S/C22H23N3O5/c26-20-11-17-10-16(6-7-19(17)24-20)21(27)23-12-18-13-25(8-9-29-18)22(28)30-14-15-4-2-1-3-5-15/h1-7,10,18H,8-9,11-14H2,(H,23,27)(H,24,26)/t18-/m1/s1.